The maximum Gasteiger partial charge on any atom is 0.372 e. The van der Waals surface area contributed by atoms with E-state index >= 15 is 0 Å². The molecular formula is C21H25BrN2O4. The van der Waals surface area contributed by atoms with Gasteiger partial charge in [-0.3, -0.25) is 4.79 Å². The Hall–Kier alpha value is -2.25. The van der Waals surface area contributed by atoms with E-state index in [1.807, 2.05) is 24.3 Å². The molecule has 2 heterocycles. The summed E-state index contributed by atoms with van der Waals surface area (Å²) in [6, 6.07) is 9.32. The zero-order valence-corrected chi connectivity index (χ0v) is 17.7. The lowest BCUT2D eigenvalue weighted by Crippen LogP contribution is -3.00. The number of hydrogen-bond acceptors (Lipinski definition) is 4. The Bertz CT molecular complexity index is 854. The zero-order chi connectivity index (χ0) is 19.4. The Morgan fingerprint density at radius 3 is 2.57 bits per heavy atom. The van der Waals surface area contributed by atoms with Gasteiger partial charge in [-0.15, -0.1) is 0 Å². The van der Waals surface area contributed by atoms with Crippen molar-refractivity contribution in [2.24, 2.45) is 0 Å². The molecule has 0 bridgehead atoms. The number of nitrogens with one attached hydrogen (secondary N) is 1. The summed E-state index contributed by atoms with van der Waals surface area (Å²) in [5.74, 6) is -0.750. The van der Waals surface area contributed by atoms with E-state index in [2.05, 4.69) is 12.2 Å². The number of esters is 1. The maximum absolute atomic E-state index is 12.4. The molecule has 1 aliphatic rings. The standard InChI is InChI=1S/C21H24N2O4.BrH/c1-3-5-6-15-7-9-16(10-8-15)21(26)18-11-12-23(14-19(24)27-4-2)13-17(18)20(25)22-21;/h7-13,26H,3-6,14H2,1-2H3;1H. The topological polar surface area (TPSA) is 79.5 Å². The first-order valence-electron chi connectivity index (χ1n) is 9.31. The Morgan fingerprint density at radius 2 is 1.93 bits per heavy atom. The molecule has 1 aromatic carbocycles. The molecule has 1 amide bonds. The molecule has 7 heteroatoms. The number of halogens is 1. The van der Waals surface area contributed by atoms with Gasteiger partial charge in [0.1, 0.15) is 5.56 Å². The van der Waals surface area contributed by atoms with Crippen LogP contribution >= 0.6 is 0 Å². The van der Waals surface area contributed by atoms with Crippen LogP contribution in [0.3, 0.4) is 0 Å². The van der Waals surface area contributed by atoms with Gasteiger partial charge in [-0.05, 0) is 25.3 Å². The van der Waals surface area contributed by atoms with E-state index in [1.165, 1.54) is 5.56 Å². The number of nitrogens with zero attached hydrogens (tertiary/aromatic N) is 1. The van der Waals surface area contributed by atoms with Crippen molar-refractivity contribution in [3.05, 3.63) is 65.0 Å². The van der Waals surface area contributed by atoms with Gasteiger partial charge in [-0.25, -0.2) is 4.79 Å². The number of aryl methyl sites for hydroxylation is 1. The van der Waals surface area contributed by atoms with Crippen LogP contribution in [0.1, 0.15) is 53.7 Å². The number of ether oxygens (including phenoxy) is 1. The van der Waals surface area contributed by atoms with E-state index in [0.717, 1.165) is 19.3 Å². The molecule has 0 saturated carbocycles. The van der Waals surface area contributed by atoms with E-state index in [4.69, 9.17) is 4.74 Å². The van der Waals surface area contributed by atoms with Crippen molar-refractivity contribution in [3.63, 3.8) is 0 Å². The Labute approximate surface area is 175 Å². The third kappa shape index (κ3) is 4.42. The minimum atomic E-state index is -1.57. The second kappa shape index (κ2) is 9.30. The molecule has 0 radical (unpaired) electrons. The monoisotopic (exact) mass is 448 g/mol. The summed E-state index contributed by atoms with van der Waals surface area (Å²) in [6.07, 6.45) is 6.46. The largest absolute Gasteiger partial charge is 1.00 e. The number of amides is 1. The van der Waals surface area contributed by atoms with Crippen LogP contribution in [0.5, 0.6) is 0 Å². The highest BCUT2D eigenvalue weighted by Gasteiger charge is 2.44. The first-order valence-corrected chi connectivity index (χ1v) is 9.31. The average Bonchev–Trinajstić information content (AvgIpc) is 2.92. The Balaban J connectivity index is 0.00000280. The summed E-state index contributed by atoms with van der Waals surface area (Å²) in [6.45, 7) is 4.21. The molecule has 0 saturated heterocycles. The molecule has 2 aromatic rings. The van der Waals surface area contributed by atoms with Crippen LogP contribution in [0.25, 0.3) is 0 Å². The summed E-state index contributed by atoms with van der Waals surface area (Å²) >= 11 is 0. The third-order valence-electron chi connectivity index (χ3n) is 4.75. The van der Waals surface area contributed by atoms with Gasteiger partial charge in [0.05, 0.1) is 6.61 Å². The molecule has 0 fully saturated rings. The van der Waals surface area contributed by atoms with E-state index in [-0.39, 0.29) is 35.4 Å². The van der Waals surface area contributed by atoms with Crippen LogP contribution in [0.15, 0.2) is 42.7 Å². The van der Waals surface area contributed by atoms with E-state index in [0.29, 0.717) is 23.3 Å². The van der Waals surface area contributed by atoms with Crippen molar-refractivity contribution < 1.29 is 41.0 Å². The number of fused-ring (bicyclic) bond motifs is 1. The number of rotatable bonds is 7. The van der Waals surface area contributed by atoms with Gasteiger partial charge < -0.3 is 32.1 Å². The number of aromatic nitrogens is 1. The second-order valence-corrected chi connectivity index (χ2v) is 6.71. The maximum atomic E-state index is 12.4. The number of hydrogen-bond donors (Lipinski definition) is 2. The Morgan fingerprint density at radius 1 is 1.21 bits per heavy atom. The lowest BCUT2D eigenvalue weighted by molar-refractivity contribution is -0.686. The average molecular weight is 449 g/mol. The lowest BCUT2D eigenvalue weighted by atomic mass is 9.94. The zero-order valence-electron chi connectivity index (χ0n) is 16.1. The van der Waals surface area contributed by atoms with Crippen molar-refractivity contribution in [2.45, 2.75) is 45.4 Å². The molecule has 1 aliphatic heterocycles. The van der Waals surface area contributed by atoms with Crippen LogP contribution in [0, 0.1) is 0 Å². The summed E-state index contributed by atoms with van der Waals surface area (Å²) < 4.78 is 6.51. The minimum Gasteiger partial charge on any atom is -1.00 e. The van der Waals surface area contributed by atoms with Crippen molar-refractivity contribution >= 4 is 11.9 Å². The number of carbonyl (C=O) groups is 2. The normalized spacial score (nSPS) is 17.5. The van der Waals surface area contributed by atoms with Gasteiger partial charge in [-0.2, -0.15) is 4.57 Å². The Kier molecular flexibility index (Phi) is 7.32. The third-order valence-corrected chi connectivity index (χ3v) is 4.75. The molecule has 150 valence electrons. The van der Waals surface area contributed by atoms with Crippen molar-refractivity contribution in [1.29, 1.82) is 0 Å². The fourth-order valence-corrected chi connectivity index (χ4v) is 3.31. The SMILES string of the molecule is CCCCc1ccc(C2(O)NC(=O)c3c[n+](CC(=O)OCC)ccc32)cc1.[Br-]. The van der Waals surface area contributed by atoms with Crippen molar-refractivity contribution in [3.8, 4) is 0 Å². The minimum absolute atomic E-state index is 0. The fraction of sp³-hybridized carbons (Fsp3) is 0.381. The van der Waals surface area contributed by atoms with Crippen LogP contribution in [0.4, 0.5) is 0 Å². The van der Waals surface area contributed by atoms with Gasteiger partial charge in [0.15, 0.2) is 18.1 Å². The molecule has 1 unspecified atom stereocenters. The number of pyridine rings is 1. The lowest BCUT2D eigenvalue weighted by Gasteiger charge is -2.24. The van der Waals surface area contributed by atoms with E-state index in [1.54, 1.807) is 30.0 Å². The molecule has 6 nitrogen and oxygen atoms in total. The van der Waals surface area contributed by atoms with Crippen LogP contribution in [0.2, 0.25) is 0 Å². The van der Waals surface area contributed by atoms with Crippen LogP contribution < -0.4 is 26.9 Å². The molecule has 3 rings (SSSR count). The predicted octanol–water partition coefficient (Wildman–Crippen LogP) is -1.18. The highest BCUT2D eigenvalue weighted by molar-refractivity contribution is 5.99. The molecule has 0 spiro atoms. The first-order chi connectivity index (χ1) is 13.0. The smallest absolute Gasteiger partial charge is 0.372 e. The molecular weight excluding hydrogens is 424 g/mol. The van der Waals surface area contributed by atoms with Crippen LogP contribution in [-0.4, -0.2) is 23.6 Å². The number of benzene rings is 1. The summed E-state index contributed by atoms with van der Waals surface area (Å²) in [5.41, 5.74) is 1.07. The predicted molar refractivity (Wildman–Crippen MR) is 98.8 cm³/mol. The summed E-state index contributed by atoms with van der Waals surface area (Å²) in [5, 5.41) is 13.8. The fourth-order valence-electron chi connectivity index (χ4n) is 3.31. The van der Waals surface area contributed by atoms with Gasteiger partial charge in [-0.1, -0.05) is 37.6 Å². The van der Waals surface area contributed by atoms with Gasteiger partial charge in [0.25, 0.3) is 5.91 Å². The van der Waals surface area contributed by atoms with E-state index < -0.39 is 5.72 Å². The van der Waals surface area contributed by atoms with E-state index in [9.17, 15) is 14.7 Å². The first kappa shape index (κ1) is 22.0. The van der Waals surface area contributed by atoms with Crippen LogP contribution in [-0.2, 0) is 28.2 Å². The molecule has 1 aromatic heterocycles. The number of unbranched alkanes of at least 4 members (excludes halogenated alkanes) is 1. The summed E-state index contributed by atoms with van der Waals surface area (Å²) in [7, 11) is 0. The summed E-state index contributed by atoms with van der Waals surface area (Å²) in [4.78, 5) is 24.1. The molecule has 2 N–H and O–H groups in total. The van der Waals surface area contributed by atoms with Crippen molar-refractivity contribution in [2.75, 3.05) is 6.61 Å². The van der Waals surface area contributed by atoms with Crippen molar-refractivity contribution in [1.82, 2.24) is 5.32 Å². The molecule has 1 atom stereocenters. The molecule has 28 heavy (non-hydrogen) atoms. The van der Waals surface area contributed by atoms with Gasteiger partial charge in [0, 0.05) is 17.2 Å². The number of aliphatic hydroxyl groups is 1. The van der Waals surface area contributed by atoms with Gasteiger partial charge >= 0.3 is 5.97 Å². The number of carbonyl (C=O) groups excluding carboxylic acids is 2. The quantitative estimate of drug-likeness (QED) is 0.412. The second-order valence-electron chi connectivity index (χ2n) is 6.71. The highest BCUT2D eigenvalue weighted by atomic mass is 79.9. The molecule has 0 aliphatic carbocycles. The van der Waals surface area contributed by atoms with Gasteiger partial charge in [0.2, 0.25) is 6.54 Å². The highest BCUT2D eigenvalue weighted by Crippen LogP contribution is 2.34.